The maximum Gasteiger partial charge on any atom is 0.160 e. The molecule has 0 amide bonds. The van der Waals surface area contributed by atoms with Gasteiger partial charge in [0.25, 0.3) is 0 Å². The molecule has 0 radical (unpaired) electrons. The van der Waals surface area contributed by atoms with Gasteiger partial charge in [0.2, 0.25) is 0 Å². The van der Waals surface area contributed by atoms with Gasteiger partial charge in [-0.15, -0.1) is 0 Å². The van der Waals surface area contributed by atoms with Gasteiger partial charge in [0.1, 0.15) is 11.4 Å². The molecule has 2 fully saturated rings. The van der Waals surface area contributed by atoms with Gasteiger partial charge < -0.3 is 9.26 Å². The van der Waals surface area contributed by atoms with Crippen LogP contribution in [0.4, 0.5) is 0 Å². The van der Waals surface area contributed by atoms with Crippen molar-refractivity contribution in [2.75, 3.05) is 26.7 Å². The van der Waals surface area contributed by atoms with Crippen molar-refractivity contribution in [3.8, 4) is 17.0 Å². The van der Waals surface area contributed by atoms with Crippen molar-refractivity contribution >= 4 is 6.08 Å². The Morgan fingerprint density at radius 2 is 2.19 bits per heavy atom. The number of benzene rings is 1. The molecule has 0 aliphatic carbocycles. The zero-order chi connectivity index (χ0) is 14.2. The van der Waals surface area contributed by atoms with Crippen LogP contribution < -0.4 is 4.74 Å². The molecule has 3 heterocycles. The summed E-state index contributed by atoms with van der Waals surface area (Å²) in [4.78, 5) is 2.50. The zero-order valence-corrected chi connectivity index (χ0v) is 12.1. The molecule has 0 N–H and O–H groups in total. The van der Waals surface area contributed by atoms with Crippen molar-refractivity contribution in [1.29, 1.82) is 0 Å². The molecule has 2 aromatic rings. The first-order valence-electron chi connectivity index (χ1n) is 7.36. The van der Waals surface area contributed by atoms with E-state index in [-0.39, 0.29) is 0 Å². The molecular formula is C17H18N2O2. The minimum Gasteiger partial charge on any atom is -0.497 e. The van der Waals surface area contributed by atoms with Gasteiger partial charge in [-0.25, -0.2) is 0 Å². The fraction of sp³-hybridized carbons (Fsp3) is 0.353. The Hall–Kier alpha value is -2.07. The molecule has 0 saturated carbocycles. The number of piperidine rings is 1. The summed E-state index contributed by atoms with van der Waals surface area (Å²) in [6, 6.07) is 9.88. The average molecular weight is 282 g/mol. The highest BCUT2D eigenvalue weighted by molar-refractivity contribution is 5.63. The second-order valence-corrected chi connectivity index (χ2v) is 5.78. The van der Waals surface area contributed by atoms with E-state index < -0.39 is 0 Å². The average Bonchev–Trinajstić information content (AvgIpc) is 3.24. The number of fused-ring (bicyclic) bond motifs is 2. The van der Waals surface area contributed by atoms with E-state index in [0.29, 0.717) is 0 Å². The Balaban J connectivity index is 1.56. The lowest BCUT2D eigenvalue weighted by molar-refractivity contribution is 0.391. The minimum atomic E-state index is 0.722. The van der Waals surface area contributed by atoms with E-state index in [9.17, 15) is 0 Å². The van der Waals surface area contributed by atoms with Crippen LogP contribution in [0, 0.1) is 5.92 Å². The molecule has 2 unspecified atom stereocenters. The lowest BCUT2D eigenvalue weighted by Gasteiger charge is -2.13. The predicted octanol–water partition coefficient (Wildman–Crippen LogP) is 3.07. The summed E-state index contributed by atoms with van der Waals surface area (Å²) in [5.41, 5.74) is 3.40. The summed E-state index contributed by atoms with van der Waals surface area (Å²) in [6.45, 7) is 3.55. The van der Waals surface area contributed by atoms with Crippen LogP contribution in [0.3, 0.4) is 0 Å². The maximum atomic E-state index is 5.47. The topological polar surface area (TPSA) is 38.5 Å². The van der Waals surface area contributed by atoms with Gasteiger partial charge in [0.05, 0.1) is 7.11 Å². The van der Waals surface area contributed by atoms with Gasteiger partial charge in [-0.2, -0.15) is 0 Å². The molecule has 1 aromatic heterocycles. The molecule has 2 aliphatic heterocycles. The van der Waals surface area contributed by atoms with Crippen LogP contribution in [0.15, 0.2) is 40.4 Å². The third kappa shape index (κ3) is 2.36. The maximum absolute atomic E-state index is 5.47. The molecule has 2 aliphatic rings. The van der Waals surface area contributed by atoms with Crippen molar-refractivity contribution in [3.05, 3.63) is 41.7 Å². The molecule has 21 heavy (non-hydrogen) atoms. The van der Waals surface area contributed by atoms with Crippen LogP contribution in [-0.2, 0) is 0 Å². The highest BCUT2D eigenvalue weighted by atomic mass is 16.5. The van der Waals surface area contributed by atoms with Crippen molar-refractivity contribution in [2.45, 2.75) is 6.42 Å². The predicted molar refractivity (Wildman–Crippen MR) is 81.0 cm³/mol. The number of ether oxygens (including phenoxy) is 1. The van der Waals surface area contributed by atoms with Crippen LogP contribution >= 0.6 is 0 Å². The standard InChI is InChI=1S/C17H18N2O2/c1-20-15-4-2-12(3-5-15)17-9-16(21-18-17)8-14-11-19-7-6-13(14)10-19/h2-5,8-9,13H,6-7,10-11H2,1H3/b14-8-. The van der Waals surface area contributed by atoms with E-state index in [2.05, 4.69) is 16.1 Å². The first-order valence-corrected chi connectivity index (χ1v) is 7.36. The summed E-state index contributed by atoms with van der Waals surface area (Å²) < 4.78 is 10.6. The van der Waals surface area contributed by atoms with Crippen molar-refractivity contribution in [2.24, 2.45) is 5.92 Å². The summed E-state index contributed by atoms with van der Waals surface area (Å²) in [7, 11) is 1.67. The van der Waals surface area contributed by atoms with E-state index in [1.807, 2.05) is 30.3 Å². The summed E-state index contributed by atoms with van der Waals surface area (Å²) >= 11 is 0. The number of hydrogen-bond donors (Lipinski definition) is 0. The van der Waals surface area contributed by atoms with E-state index in [4.69, 9.17) is 9.26 Å². The summed E-state index contributed by atoms with van der Waals surface area (Å²) in [5.74, 6) is 2.42. The van der Waals surface area contributed by atoms with Gasteiger partial charge in [0.15, 0.2) is 5.76 Å². The van der Waals surface area contributed by atoms with Crippen molar-refractivity contribution < 1.29 is 9.26 Å². The van der Waals surface area contributed by atoms with E-state index in [1.165, 1.54) is 25.1 Å². The monoisotopic (exact) mass is 282 g/mol. The summed E-state index contributed by atoms with van der Waals surface area (Å²) in [5, 5.41) is 4.17. The lowest BCUT2D eigenvalue weighted by Crippen LogP contribution is -2.17. The molecule has 4 heteroatoms. The van der Waals surface area contributed by atoms with Crippen LogP contribution in [0.2, 0.25) is 0 Å². The molecule has 1 aromatic carbocycles. The normalized spacial score (nSPS) is 25.7. The van der Waals surface area contributed by atoms with Gasteiger partial charge in [-0.3, -0.25) is 4.90 Å². The van der Waals surface area contributed by atoms with Gasteiger partial charge in [-0.05, 0) is 54.8 Å². The highest BCUT2D eigenvalue weighted by Gasteiger charge is 2.33. The van der Waals surface area contributed by atoms with Crippen molar-refractivity contribution in [1.82, 2.24) is 10.1 Å². The van der Waals surface area contributed by atoms with Crippen LogP contribution in [0.1, 0.15) is 12.2 Å². The Labute approximate surface area is 124 Å². The SMILES string of the molecule is COc1ccc(-c2cc(/C=C3/CN4CCC3C4)on2)cc1. The van der Waals surface area contributed by atoms with E-state index in [0.717, 1.165) is 35.2 Å². The quantitative estimate of drug-likeness (QED) is 0.867. The lowest BCUT2D eigenvalue weighted by atomic mass is 9.98. The third-order valence-corrected chi connectivity index (χ3v) is 4.44. The zero-order valence-electron chi connectivity index (χ0n) is 12.1. The first-order chi connectivity index (χ1) is 10.3. The van der Waals surface area contributed by atoms with Crippen LogP contribution in [-0.4, -0.2) is 36.8 Å². The fourth-order valence-electron chi connectivity index (χ4n) is 3.27. The fourth-order valence-corrected chi connectivity index (χ4v) is 3.27. The second kappa shape index (κ2) is 5.04. The molecule has 4 nitrogen and oxygen atoms in total. The van der Waals surface area contributed by atoms with Crippen molar-refractivity contribution in [3.63, 3.8) is 0 Å². The van der Waals surface area contributed by atoms with Crippen LogP contribution in [0.25, 0.3) is 17.3 Å². The number of aromatic nitrogens is 1. The van der Waals surface area contributed by atoms with Gasteiger partial charge >= 0.3 is 0 Å². The molecule has 2 saturated heterocycles. The van der Waals surface area contributed by atoms with Gasteiger partial charge in [0, 0.05) is 24.7 Å². The number of rotatable bonds is 3. The second-order valence-electron chi connectivity index (χ2n) is 5.78. The van der Waals surface area contributed by atoms with E-state index >= 15 is 0 Å². The Morgan fingerprint density at radius 3 is 2.86 bits per heavy atom. The van der Waals surface area contributed by atoms with Crippen LogP contribution in [0.5, 0.6) is 5.75 Å². The minimum absolute atomic E-state index is 0.722. The molecule has 108 valence electrons. The molecule has 4 rings (SSSR count). The first kappa shape index (κ1) is 12.7. The molecular weight excluding hydrogens is 264 g/mol. The Kier molecular flexibility index (Phi) is 3.04. The molecule has 0 spiro atoms. The molecule has 2 atom stereocenters. The smallest absolute Gasteiger partial charge is 0.160 e. The molecule has 2 bridgehead atoms. The Bertz CT molecular complexity index is 672. The number of nitrogens with zero attached hydrogens (tertiary/aromatic N) is 2. The number of methoxy groups -OCH3 is 1. The Morgan fingerprint density at radius 1 is 1.33 bits per heavy atom. The largest absolute Gasteiger partial charge is 0.497 e. The van der Waals surface area contributed by atoms with Gasteiger partial charge in [-0.1, -0.05) is 5.16 Å². The highest BCUT2D eigenvalue weighted by Crippen LogP contribution is 2.34. The third-order valence-electron chi connectivity index (χ3n) is 4.44. The van der Waals surface area contributed by atoms with E-state index in [1.54, 1.807) is 7.11 Å². The number of hydrogen-bond acceptors (Lipinski definition) is 4. The summed E-state index contributed by atoms with van der Waals surface area (Å²) in [6.07, 6.45) is 3.45.